The summed E-state index contributed by atoms with van der Waals surface area (Å²) in [5.74, 6) is 0. The van der Waals surface area contributed by atoms with Crippen LogP contribution in [-0.4, -0.2) is 50.1 Å². The molecule has 1 aliphatic rings. The van der Waals surface area contributed by atoms with Crippen LogP contribution in [0, 0.1) is 0 Å². The Morgan fingerprint density at radius 2 is 2.11 bits per heavy atom. The molecule has 0 amide bonds. The lowest BCUT2D eigenvalue weighted by Crippen LogP contribution is -2.40. The summed E-state index contributed by atoms with van der Waals surface area (Å²) in [6.45, 7) is 4.83. The van der Waals surface area contributed by atoms with Gasteiger partial charge in [-0.2, -0.15) is 0 Å². The van der Waals surface area contributed by atoms with Gasteiger partial charge in [0.2, 0.25) is 0 Å². The smallest absolute Gasteiger partial charge is 0.313 e. The van der Waals surface area contributed by atoms with Crippen molar-refractivity contribution in [3.8, 4) is 0 Å². The number of ether oxygens (including phenoxy) is 1. The van der Waals surface area contributed by atoms with Gasteiger partial charge in [-0.05, 0) is 32.4 Å². The van der Waals surface area contributed by atoms with Gasteiger partial charge in [-0.3, -0.25) is 9.64 Å². The lowest BCUT2D eigenvalue weighted by Gasteiger charge is -2.25. The number of rotatable bonds is 8. The number of unbranched alkanes of at least 4 members (excludes halogenated alkanes) is 1. The van der Waals surface area contributed by atoms with E-state index in [9.17, 15) is 13.2 Å². The Morgan fingerprint density at radius 3 is 2.67 bits per heavy atom. The van der Waals surface area contributed by atoms with Gasteiger partial charge >= 0.3 is 6.36 Å². The molecular formula is C12H23F3N2O. The molecule has 1 saturated heterocycles. The van der Waals surface area contributed by atoms with Crippen LogP contribution in [0.2, 0.25) is 0 Å². The lowest BCUT2D eigenvalue weighted by atomic mass is 10.2. The molecule has 0 aromatic heterocycles. The zero-order chi connectivity index (χ0) is 13.4. The van der Waals surface area contributed by atoms with Crippen molar-refractivity contribution in [1.82, 2.24) is 10.2 Å². The Morgan fingerprint density at radius 1 is 1.33 bits per heavy atom. The highest BCUT2D eigenvalue weighted by Crippen LogP contribution is 2.16. The van der Waals surface area contributed by atoms with Gasteiger partial charge in [0.25, 0.3) is 0 Å². The van der Waals surface area contributed by atoms with Crippen LogP contribution in [0.1, 0.15) is 32.6 Å². The Labute approximate surface area is 107 Å². The third-order valence-electron chi connectivity index (χ3n) is 3.14. The molecule has 3 nitrogen and oxygen atoms in total. The molecule has 0 aromatic rings. The van der Waals surface area contributed by atoms with Crippen molar-refractivity contribution in [2.45, 2.75) is 45.0 Å². The third-order valence-corrected chi connectivity index (χ3v) is 3.14. The van der Waals surface area contributed by atoms with Gasteiger partial charge in [0.1, 0.15) is 0 Å². The fourth-order valence-corrected chi connectivity index (χ4v) is 2.19. The van der Waals surface area contributed by atoms with E-state index in [2.05, 4.69) is 21.9 Å². The molecule has 0 bridgehead atoms. The van der Waals surface area contributed by atoms with E-state index in [1.165, 1.54) is 0 Å². The van der Waals surface area contributed by atoms with Gasteiger partial charge in [-0.15, -0.1) is 13.2 Å². The predicted molar refractivity (Wildman–Crippen MR) is 64.4 cm³/mol. The fourth-order valence-electron chi connectivity index (χ4n) is 2.19. The minimum atomic E-state index is -4.51. The number of hydrogen-bond acceptors (Lipinski definition) is 3. The van der Waals surface area contributed by atoms with Crippen LogP contribution in [0.25, 0.3) is 0 Å². The van der Waals surface area contributed by atoms with Crippen LogP contribution >= 0.6 is 0 Å². The van der Waals surface area contributed by atoms with Crippen molar-refractivity contribution in [3.05, 3.63) is 0 Å². The highest BCUT2D eigenvalue weighted by molar-refractivity contribution is 4.77. The molecule has 108 valence electrons. The molecule has 0 spiro atoms. The minimum Gasteiger partial charge on any atom is -0.313 e. The number of nitrogens with zero attached hydrogens (tertiary/aromatic N) is 1. The second kappa shape index (κ2) is 7.96. The van der Waals surface area contributed by atoms with Gasteiger partial charge in [0.15, 0.2) is 0 Å². The average molecular weight is 268 g/mol. The Hall–Kier alpha value is -0.330. The number of hydrogen-bond donors (Lipinski definition) is 1. The normalized spacial score (nSPS) is 20.8. The van der Waals surface area contributed by atoms with E-state index in [4.69, 9.17) is 0 Å². The summed E-state index contributed by atoms with van der Waals surface area (Å²) in [4.78, 5) is 2.07. The van der Waals surface area contributed by atoms with E-state index in [1.54, 1.807) is 0 Å². The van der Waals surface area contributed by atoms with Crippen molar-refractivity contribution in [2.24, 2.45) is 0 Å². The third kappa shape index (κ3) is 7.18. The van der Waals surface area contributed by atoms with Crippen molar-refractivity contribution in [2.75, 3.05) is 32.8 Å². The van der Waals surface area contributed by atoms with Gasteiger partial charge < -0.3 is 5.32 Å². The second-order valence-electron chi connectivity index (χ2n) is 4.74. The lowest BCUT2D eigenvalue weighted by molar-refractivity contribution is -0.325. The van der Waals surface area contributed by atoms with Gasteiger partial charge in [0, 0.05) is 19.1 Å². The second-order valence-corrected chi connectivity index (χ2v) is 4.74. The molecule has 6 heteroatoms. The Balaban J connectivity index is 2.25. The van der Waals surface area contributed by atoms with Crippen LogP contribution in [0.15, 0.2) is 0 Å². The van der Waals surface area contributed by atoms with Crippen LogP contribution in [0.5, 0.6) is 0 Å². The van der Waals surface area contributed by atoms with Gasteiger partial charge in [-0.25, -0.2) is 0 Å². The summed E-state index contributed by atoms with van der Waals surface area (Å²) in [7, 11) is 0. The Bertz CT molecular complexity index is 218. The van der Waals surface area contributed by atoms with Crippen molar-refractivity contribution in [1.29, 1.82) is 0 Å². The van der Waals surface area contributed by atoms with Crippen LogP contribution in [0.3, 0.4) is 0 Å². The number of halogens is 3. The number of nitrogens with one attached hydrogen (secondary N) is 1. The first-order valence-electron chi connectivity index (χ1n) is 6.67. The van der Waals surface area contributed by atoms with Gasteiger partial charge in [0.05, 0.1) is 6.61 Å². The maximum Gasteiger partial charge on any atom is 0.522 e. The van der Waals surface area contributed by atoms with E-state index in [-0.39, 0.29) is 6.61 Å². The highest BCUT2D eigenvalue weighted by atomic mass is 19.4. The number of alkyl halides is 3. The molecule has 1 N–H and O–H groups in total. The summed E-state index contributed by atoms with van der Waals surface area (Å²) in [5, 5.41) is 3.37. The maximum absolute atomic E-state index is 11.9. The molecule has 1 heterocycles. The first-order chi connectivity index (χ1) is 8.51. The molecular weight excluding hydrogens is 245 g/mol. The molecule has 0 aromatic carbocycles. The van der Waals surface area contributed by atoms with Crippen LogP contribution in [-0.2, 0) is 4.74 Å². The van der Waals surface area contributed by atoms with E-state index >= 15 is 0 Å². The first-order valence-corrected chi connectivity index (χ1v) is 6.67. The SMILES string of the molecule is CCCCN(CCOC(F)(F)F)CC1CCCN1. The molecule has 0 radical (unpaired) electrons. The highest BCUT2D eigenvalue weighted by Gasteiger charge is 2.29. The van der Waals surface area contributed by atoms with Crippen molar-refractivity contribution >= 4 is 0 Å². The summed E-state index contributed by atoms with van der Waals surface area (Å²) < 4.78 is 39.6. The van der Waals surface area contributed by atoms with E-state index in [0.29, 0.717) is 12.6 Å². The molecule has 0 aliphatic carbocycles. The molecule has 0 saturated carbocycles. The van der Waals surface area contributed by atoms with Gasteiger partial charge in [-0.1, -0.05) is 13.3 Å². The summed E-state index contributed by atoms with van der Waals surface area (Å²) in [5.41, 5.74) is 0. The predicted octanol–water partition coefficient (Wildman–Crippen LogP) is 2.38. The zero-order valence-corrected chi connectivity index (χ0v) is 10.9. The molecule has 1 atom stereocenters. The zero-order valence-electron chi connectivity index (χ0n) is 10.9. The average Bonchev–Trinajstić information content (AvgIpc) is 2.76. The monoisotopic (exact) mass is 268 g/mol. The summed E-state index contributed by atoms with van der Waals surface area (Å²) in [6, 6.07) is 0.424. The van der Waals surface area contributed by atoms with E-state index < -0.39 is 6.36 Å². The largest absolute Gasteiger partial charge is 0.522 e. The van der Waals surface area contributed by atoms with Crippen LogP contribution < -0.4 is 5.32 Å². The first kappa shape index (κ1) is 15.7. The van der Waals surface area contributed by atoms with E-state index in [1.807, 2.05) is 0 Å². The Kier molecular flexibility index (Phi) is 6.96. The van der Waals surface area contributed by atoms with E-state index in [0.717, 1.165) is 45.3 Å². The molecule has 1 unspecified atom stereocenters. The van der Waals surface area contributed by atoms with Crippen molar-refractivity contribution in [3.63, 3.8) is 0 Å². The van der Waals surface area contributed by atoms with Crippen molar-refractivity contribution < 1.29 is 17.9 Å². The summed E-state index contributed by atoms with van der Waals surface area (Å²) >= 11 is 0. The fraction of sp³-hybridized carbons (Fsp3) is 1.00. The van der Waals surface area contributed by atoms with Crippen LogP contribution in [0.4, 0.5) is 13.2 Å². The molecule has 1 fully saturated rings. The quantitative estimate of drug-likeness (QED) is 0.731. The topological polar surface area (TPSA) is 24.5 Å². The standard InChI is InChI=1S/C12H23F3N2O/c1-2-3-7-17(8-9-18-12(13,14)15)10-11-5-4-6-16-11/h11,16H,2-10H2,1H3. The minimum absolute atomic E-state index is 0.278. The molecule has 1 rings (SSSR count). The molecule has 18 heavy (non-hydrogen) atoms. The molecule has 1 aliphatic heterocycles. The maximum atomic E-state index is 11.9. The summed E-state index contributed by atoms with van der Waals surface area (Å²) in [6.07, 6.45) is -0.177.